The van der Waals surface area contributed by atoms with E-state index in [-0.39, 0.29) is 0 Å². The fourth-order valence-corrected chi connectivity index (χ4v) is 2.05. The maximum atomic E-state index is 6.10. The number of halogens is 1. The summed E-state index contributed by atoms with van der Waals surface area (Å²) in [6.45, 7) is 0. The molecule has 1 aromatic carbocycles. The first-order chi connectivity index (χ1) is 8.25. The Morgan fingerprint density at radius 2 is 1.88 bits per heavy atom. The second kappa shape index (κ2) is 3.79. The first-order valence-corrected chi connectivity index (χ1v) is 5.61. The number of hydrogen-bond donors (Lipinski definition) is 1. The number of rotatable bonds is 1. The van der Waals surface area contributed by atoms with E-state index in [1.807, 2.05) is 47.0 Å². The van der Waals surface area contributed by atoms with Crippen molar-refractivity contribution in [2.24, 2.45) is 0 Å². The third-order valence-corrected chi connectivity index (χ3v) is 3.01. The van der Waals surface area contributed by atoms with Crippen molar-refractivity contribution in [3.63, 3.8) is 0 Å². The predicted molar refractivity (Wildman–Crippen MR) is 70.1 cm³/mol. The highest BCUT2D eigenvalue weighted by atomic mass is 35.5. The Morgan fingerprint density at radius 3 is 2.65 bits per heavy atom. The van der Waals surface area contributed by atoms with Crippen LogP contribution in [0.3, 0.4) is 0 Å². The van der Waals surface area contributed by atoms with Gasteiger partial charge in [-0.15, -0.1) is 0 Å². The molecular formula is C13H10ClN3. The fourth-order valence-electron chi connectivity index (χ4n) is 1.83. The zero-order chi connectivity index (χ0) is 11.8. The third kappa shape index (κ3) is 1.65. The molecule has 0 atom stereocenters. The lowest BCUT2D eigenvalue weighted by Gasteiger charge is -2.02. The van der Waals surface area contributed by atoms with E-state index in [9.17, 15) is 0 Å². The van der Waals surface area contributed by atoms with Crippen LogP contribution in [0.2, 0.25) is 5.02 Å². The van der Waals surface area contributed by atoms with Crippen molar-refractivity contribution in [2.45, 2.75) is 0 Å². The van der Waals surface area contributed by atoms with Gasteiger partial charge in [0.25, 0.3) is 0 Å². The second-order valence-corrected chi connectivity index (χ2v) is 4.22. The number of nitrogen functional groups attached to an aromatic ring is 1. The highest BCUT2D eigenvalue weighted by Crippen LogP contribution is 2.24. The van der Waals surface area contributed by atoms with Gasteiger partial charge in [0.2, 0.25) is 0 Å². The predicted octanol–water partition coefficient (Wildman–Crippen LogP) is 3.24. The molecule has 0 aliphatic rings. The third-order valence-electron chi connectivity index (χ3n) is 2.69. The van der Waals surface area contributed by atoms with E-state index in [1.54, 1.807) is 6.20 Å². The molecule has 0 spiro atoms. The molecule has 0 aliphatic heterocycles. The van der Waals surface area contributed by atoms with E-state index in [4.69, 9.17) is 17.3 Å². The van der Waals surface area contributed by atoms with Crippen LogP contribution in [0.25, 0.3) is 16.9 Å². The number of nitrogens with two attached hydrogens (primary N) is 1. The normalized spacial score (nSPS) is 10.9. The van der Waals surface area contributed by atoms with Crippen LogP contribution >= 0.6 is 11.6 Å². The van der Waals surface area contributed by atoms with Gasteiger partial charge in [-0.3, -0.25) is 4.40 Å². The number of benzene rings is 1. The van der Waals surface area contributed by atoms with Gasteiger partial charge in [0.05, 0.1) is 16.7 Å². The molecule has 0 aliphatic carbocycles. The monoisotopic (exact) mass is 243 g/mol. The molecule has 2 heterocycles. The molecule has 17 heavy (non-hydrogen) atoms. The van der Waals surface area contributed by atoms with E-state index >= 15 is 0 Å². The molecule has 3 aromatic rings. The smallest absolute Gasteiger partial charge is 0.144 e. The molecule has 84 valence electrons. The average Bonchev–Trinajstić information content (AvgIpc) is 2.75. The van der Waals surface area contributed by atoms with E-state index in [0.29, 0.717) is 5.02 Å². The van der Waals surface area contributed by atoms with Crippen LogP contribution in [-0.4, -0.2) is 9.38 Å². The Morgan fingerprint density at radius 1 is 1.12 bits per heavy atom. The van der Waals surface area contributed by atoms with Crippen molar-refractivity contribution in [3.05, 3.63) is 53.8 Å². The molecule has 2 aromatic heterocycles. The highest BCUT2D eigenvalue weighted by molar-refractivity contribution is 6.33. The Labute approximate surface area is 103 Å². The molecule has 0 fully saturated rings. The summed E-state index contributed by atoms with van der Waals surface area (Å²) < 4.78 is 1.97. The first-order valence-electron chi connectivity index (χ1n) is 5.23. The maximum absolute atomic E-state index is 6.10. The van der Waals surface area contributed by atoms with Crippen molar-refractivity contribution in [1.82, 2.24) is 9.38 Å². The molecule has 3 nitrogen and oxygen atoms in total. The zero-order valence-electron chi connectivity index (χ0n) is 8.97. The number of fused-ring (bicyclic) bond motifs is 1. The van der Waals surface area contributed by atoms with Crippen LogP contribution in [0.5, 0.6) is 0 Å². The Hall–Kier alpha value is -2.00. The Kier molecular flexibility index (Phi) is 2.27. The average molecular weight is 244 g/mol. The van der Waals surface area contributed by atoms with Crippen LogP contribution < -0.4 is 5.73 Å². The lowest BCUT2D eigenvalue weighted by Crippen LogP contribution is -1.90. The molecular weight excluding hydrogens is 234 g/mol. The summed E-state index contributed by atoms with van der Waals surface area (Å²) in [5.41, 5.74) is 8.33. The van der Waals surface area contributed by atoms with E-state index in [0.717, 1.165) is 22.6 Å². The van der Waals surface area contributed by atoms with E-state index in [1.165, 1.54) is 0 Å². The molecule has 0 saturated heterocycles. The van der Waals surface area contributed by atoms with Gasteiger partial charge < -0.3 is 5.73 Å². The summed E-state index contributed by atoms with van der Waals surface area (Å²) in [4.78, 5) is 4.39. The maximum Gasteiger partial charge on any atom is 0.144 e. The molecule has 3 rings (SSSR count). The minimum absolute atomic E-state index is 0.696. The quantitative estimate of drug-likeness (QED) is 0.667. The largest absolute Gasteiger partial charge is 0.399 e. The summed E-state index contributed by atoms with van der Waals surface area (Å²) in [5.74, 6) is 0.863. The van der Waals surface area contributed by atoms with Crippen LogP contribution in [0, 0.1) is 0 Å². The summed E-state index contributed by atoms with van der Waals surface area (Å²) in [5, 5.41) is 0.696. The molecule has 0 unspecified atom stereocenters. The highest BCUT2D eigenvalue weighted by Gasteiger charge is 2.07. The fraction of sp³-hybridized carbons (Fsp3) is 0. The van der Waals surface area contributed by atoms with Crippen molar-refractivity contribution < 1.29 is 0 Å². The molecule has 0 saturated carbocycles. The van der Waals surface area contributed by atoms with E-state index in [2.05, 4.69) is 4.98 Å². The number of imidazole rings is 1. The van der Waals surface area contributed by atoms with Gasteiger partial charge in [-0.1, -0.05) is 11.6 Å². The van der Waals surface area contributed by atoms with Crippen LogP contribution in [0.4, 0.5) is 5.69 Å². The lowest BCUT2D eigenvalue weighted by molar-refractivity contribution is 1.16. The number of hydrogen-bond acceptors (Lipinski definition) is 2. The van der Waals surface area contributed by atoms with Gasteiger partial charge in [0, 0.05) is 17.4 Å². The topological polar surface area (TPSA) is 43.3 Å². The standard InChI is InChI=1S/C13H10ClN3/c14-11-2-1-7-17-12(11)8-16-13(17)9-3-5-10(15)6-4-9/h1-8H,15H2. The Bertz CT molecular complexity index is 671. The summed E-state index contributed by atoms with van der Waals surface area (Å²) in [6.07, 6.45) is 3.72. The first kappa shape index (κ1) is 10.2. The van der Waals surface area contributed by atoms with Crippen molar-refractivity contribution in [1.29, 1.82) is 0 Å². The second-order valence-electron chi connectivity index (χ2n) is 3.82. The molecule has 0 radical (unpaired) electrons. The van der Waals surface area contributed by atoms with Crippen molar-refractivity contribution in [2.75, 3.05) is 5.73 Å². The SMILES string of the molecule is Nc1ccc(-c2ncc3c(Cl)cccn23)cc1. The zero-order valence-corrected chi connectivity index (χ0v) is 9.72. The van der Waals surface area contributed by atoms with Crippen molar-refractivity contribution >= 4 is 22.8 Å². The van der Waals surface area contributed by atoms with Gasteiger partial charge in [-0.2, -0.15) is 0 Å². The molecule has 2 N–H and O–H groups in total. The minimum Gasteiger partial charge on any atom is -0.399 e. The van der Waals surface area contributed by atoms with Gasteiger partial charge in [0.15, 0.2) is 0 Å². The summed E-state index contributed by atoms with van der Waals surface area (Å²) in [7, 11) is 0. The van der Waals surface area contributed by atoms with Gasteiger partial charge >= 0.3 is 0 Å². The number of aromatic nitrogens is 2. The van der Waals surface area contributed by atoms with E-state index < -0.39 is 0 Å². The van der Waals surface area contributed by atoms with Gasteiger partial charge in [-0.05, 0) is 36.4 Å². The minimum atomic E-state index is 0.696. The molecule has 0 bridgehead atoms. The number of pyridine rings is 1. The lowest BCUT2D eigenvalue weighted by atomic mass is 10.2. The summed E-state index contributed by atoms with van der Waals surface area (Å²) in [6, 6.07) is 11.4. The summed E-state index contributed by atoms with van der Waals surface area (Å²) >= 11 is 6.10. The number of anilines is 1. The van der Waals surface area contributed by atoms with Crippen LogP contribution in [-0.2, 0) is 0 Å². The van der Waals surface area contributed by atoms with Crippen LogP contribution in [0.1, 0.15) is 0 Å². The van der Waals surface area contributed by atoms with Gasteiger partial charge in [0.1, 0.15) is 5.82 Å². The van der Waals surface area contributed by atoms with Crippen molar-refractivity contribution in [3.8, 4) is 11.4 Å². The molecule has 4 heteroatoms. The van der Waals surface area contributed by atoms with Crippen LogP contribution in [0.15, 0.2) is 48.8 Å². The number of nitrogens with zero attached hydrogens (tertiary/aromatic N) is 2. The Balaban J connectivity index is 2.24. The van der Waals surface area contributed by atoms with Gasteiger partial charge in [-0.25, -0.2) is 4.98 Å². The molecule has 0 amide bonds.